The highest BCUT2D eigenvalue weighted by molar-refractivity contribution is 4.85. The maximum Gasteiger partial charge on any atom is 0.0535 e. The van der Waals surface area contributed by atoms with Crippen molar-refractivity contribution in [1.29, 1.82) is 0 Å². The minimum atomic E-state index is 0.448. The molecule has 1 N–H and O–H groups in total. The van der Waals surface area contributed by atoms with Crippen molar-refractivity contribution in [2.45, 2.75) is 40.0 Å². The molecular formula is C12H25NO. The van der Waals surface area contributed by atoms with Crippen molar-refractivity contribution < 1.29 is 4.74 Å². The van der Waals surface area contributed by atoms with Crippen molar-refractivity contribution in [2.24, 2.45) is 11.3 Å². The van der Waals surface area contributed by atoms with E-state index < -0.39 is 0 Å². The van der Waals surface area contributed by atoms with Gasteiger partial charge in [0.15, 0.2) is 0 Å². The van der Waals surface area contributed by atoms with Crippen LogP contribution in [-0.4, -0.2) is 26.3 Å². The highest BCUT2D eigenvalue weighted by Gasteiger charge is 2.33. The average Bonchev–Trinajstić information content (AvgIpc) is 2.53. The van der Waals surface area contributed by atoms with Gasteiger partial charge in [0.25, 0.3) is 0 Å². The predicted molar refractivity (Wildman–Crippen MR) is 60.5 cm³/mol. The Morgan fingerprint density at radius 3 is 2.71 bits per heavy atom. The Kier molecular flexibility index (Phi) is 4.90. The molecule has 0 amide bonds. The monoisotopic (exact) mass is 199 g/mol. The molecule has 0 radical (unpaired) electrons. The van der Waals surface area contributed by atoms with Gasteiger partial charge in [-0.25, -0.2) is 0 Å². The molecule has 1 fully saturated rings. The van der Waals surface area contributed by atoms with E-state index >= 15 is 0 Å². The lowest BCUT2D eigenvalue weighted by atomic mass is 9.82. The molecule has 0 aromatic heterocycles. The second-order valence-corrected chi connectivity index (χ2v) is 5.08. The van der Waals surface area contributed by atoms with Crippen LogP contribution in [0.15, 0.2) is 0 Å². The van der Waals surface area contributed by atoms with Gasteiger partial charge < -0.3 is 10.1 Å². The van der Waals surface area contributed by atoms with E-state index in [1.807, 2.05) is 0 Å². The van der Waals surface area contributed by atoms with E-state index in [1.165, 1.54) is 19.3 Å². The van der Waals surface area contributed by atoms with Gasteiger partial charge in [0, 0.05) is 18.6 Å². The lowest BCUT2D eigenvalue weighted by Crippen LogP contribution is -2.36. The van der Waals surface area contributed by atoms with Crippen LogP contribution in [0.25, 0.3) is 0 Å². The Hall–Kier alpha value is -0.0800. The summed E-state index contributed by atoms with van der Waals surface area (Å²) in [4.78, 5) is 0. The SMILES string of the molecule is CCCC1(CNCC(C)C)CCOC1. The van der Waals surface area contributed by atoms with Gasteiger partial charge in [0.2, 0.25) is 0 Å². The summed E-state index contributed by atoms with van der Waals surface area (Å²) in [5, 5.41) is 3.57. The normalized spacial score (nSPS) is 27.4. The molecule has 14 heavy (non-hydrogen) atoms. The summed E-state index contributed by atoms with van der Waals surface area (Å²) in [6, 6.07) is 0. The molecule has 0 aliphatic carbocycles. The highest BCUT2D eigenvalue weighted by atomic mass is 16.5. The van der Waals surface area contributed by atoms with Gasteiger partial charge in [-0.2, -0.15) is 0 Å². The minimum absolute atomic E-state index is 0.448. The second kappa shape index (κ2) is 5.72. The molecule has 1 saturated heterocycles. The fourth-order valence-corrected chi connectivity index (χ4v) is 2.23. The lowest BCUT2D eigenvalue weighted by Gasteiger charge is -2.27. The van der Waals surface area contributed by atoms with E-state index in [-0.39, 0.29) is 0 Å². The Balaban J connectivity index is 2.28. The molecule has 0 aromatic rings. The van der Waals surface area contributed by atoms with Crippen LogP contribution in [0.3, 0.4) is 0 Å². The van der Waals surface area contributed by atoms with E-state index in [0.29, 0.717) is 5.41 Å². The standard InChI is InChI=1S/C12H25NO/c1-4-5-12(6-7-14-10-12)9-13-8-11(2)3/h11,13H,4-10H2,1-3H3. The largest absolute Gasteiger partial charge is 0.381 e. The van der Waals surface area contributed by atoms with E-state index in [9.17, 15) is 0 Å². The average molecular weight is 199 g/mol. The van der Waals surface area contributed by atoms with Gasteiger partial charge in [0.1, 0.15) is 0 Å². The first kappa shape index (κ1) is 12.0. The molecular weight excluding hydrogens is 174 g/mol. The summed E-state index contributed by atoms with van der Waals surface area (Å²) in [5.41, 5.74) is 0.448. The molecule has 0 aromatic carbocycles. The number of rotatable bonds is 6. The fourth-order valence-electron chi connectivity index (χ4n) is 2.23. The van der Waals surface area contributed by atoms with Crippen LogP contribution < -0.4 is 5.32 Å². The molecule has 1 atom stereocenters. The van der Waals surface area contributed by atoms with Crippen molar-refractivity contribution in [3.8, 4) is 0 Å². The first-order valence-electron chi connectivity index (χ1n) is 5.97. The molecule has 1 rings (SSSR count). The highest BCUT2D eigenvalue weighted by Crippen LogP contribution is 2.32. The summed E-state index contributed by atoms with van der Waals surface area (Å²) in [6.07, 6.45) is 3.82. The minimum Gasteiger partial charge on any atom is -0.381 e. The van der Waals surface area contributed by atoms with Crippen LogP contribution >= 0.6 is 0 Å². The van der Waals surface area contributed by atoms with E-state index in [0.717, 1.165) is 32.2 Å². The molecule has 2 nitrogen and oxygen atoms in total. The molecule has 1 aliphatic heterocycles. The number of hydrogen-bond donors (Lipinski definition) is 1. The lowest BCUT2D eigenvalue weighted by molar-refractivity contribution is 0.143. The zero-order valence-corrected chi connectivity index (χ0v) is 9.94. The number of nitrogens with one attached hydrogen (secondary N) is 1. The van der Waals surface area contributed by atoms with Crippen molar-refractivity contribution >= 4 is 0 Å². The van der Waals surface area contributed by atoms with Crippen molar-refractivity contribution in [2.75, 3.05) is 26.3 Å². The molecule has 2 heteroatoms. The van der Waals surface area contributed by atoms with Gasteiger partial charge >= 0.3 is 0 Å². The van der Waals surface area contributed by atoms with Crippen LogP contribution in [-0.2, 0) is 4.74 Å². The van der Waals surface area contributed by atoms with Gasteiger partial charge in [-0.1, -0.05) is 27.2 Å². The van der Waals surface area contributed by atoms with Crippen molar-refractivity contribution in [3.05, 3.63) is 0 Å². The molecule has 0 saturated carbocycles. The van der Waals surface area contributed by atoms with Gasteiger partial charge in [-0.05, 0) is 25.3 Å². The first-order chi connectivity index (χ1) is 6.68. The Morgan fingerprint density at radius 2 is 2.21 bits per heavy atom. The number of ether oxygens (including phenoxy) is 1. The molecule has 1 heterocycles. The smallest absolute Gasteiger partial charge is 0.0535 e. The van der Waals surface area contributed by atoms with Crippen LogP contribution in [0.5, 0.6) is 0 Å². The topological polar surface area (TPSA) is 21.3 Å². The van der Waals surface area contributed by atoms with Gasteiger partial charge in [-0.3, -0.25) is 0 Å². The third-order valence-electron chi connectivity index (χ3n) is 3.02. The molecule has 1 aliphatic rings. The Morgan fingerprint density at radius 1 is 1.43 bits per heavy atom. The van der Waals surface area contributed by atoms with E-state index in [1.54, 1.807) is 0 Å². The zero-order valence-electron chi connectivity index (χ0n) is 9.94. The van der Waals surface area contributed by atoms with Crippen molar-refractivity contribution in [3.63, 3.8) is 0 Å². The van der Waals surface area contributed by atoms with Crippen LogP contribution in [0, 0.1) is 11.3 Å². The molecule has 0 bridgehead atoms. The second-order valence-electron chi connectivity index (χ2n) is 5.08. The molecule has 84 valence electrons. The van der Waals surface area contributed by atoms with Gasteiger partial charge in [0.05, 0.1) is 6.61 Å². The van der Waals surface area contributed by atoms with Crippen LogP contribution in [0.2, 0.25) is 0 Å². The summed E-state index contributed by atoms with van der Waals surface area (Å²) in [6.45, 7) is 11.0. The van der Waals surface area contributed by atoms with Crippen LogP contribution in [0.1, 0.15) is 40.0 Å². The van der Waals surface area contributed by atoms with E-state index in [2.05, 4.69) is 26.1 Å². The molecule has 0 spiro atoms. The maximum atomic E-state index is 5.53. The summed E-state index contributed by atoms with van der Waals surface area (Å²) < 4.78 is 5.53. The first-order valence-corrected chi connectivity index (χ1v) is 5.97. The zero-order chi connectivity index (χ0) is 10.4. The predicted octanol–water partition coefficient (Wildman–Crippen LogP) is 2.44. The summed E-state index contributed by atoms with van der Waals surface area (Å²) >= 11 is 0. The molecule has 1 unspecified atom stereocenters. The fraction of sp³-hybridized carbons (Fsp3) is 1.00. The van der Waals surface area contributed by atoms with E-state index in [4.69, 9.17) is 4.74 Å². The van der Waals surface area contributed by atoms with Crippen molar-refractivity contribution in [1.82, 2.24) is 5.32 Å². The quantitative estimate of drug-likeness (QED) is 0.709. The number of hydrogen-bond acceptors (Lipinski definition) is 2. The third kappa shape index (κ3) is 3.58. The van der Waals surface area contributed by atoms with Gasteiger partial charge in [-0.15, -0.1) is 0 Å². The third-order valence-corrected chi connectivity index (χ3v) is 3.02. The Bertz CT molecular complexity index is 150. The summed E-state index contributed by atoms with van der Waals surface area (Å²) in [5.74, 6) is 0.746. The maximum absolute atomic E-state index is 5.53. The Labute approximate surface area is 88.4 Å². The summed E-state index contributed by atoms with van der Waals surface area (Å²) in [7, 11) is 0. The van der Waals surface area contributed by atoms with Crippen LogP contribution in [0.4, 0.5) is 0 Å².